The lowest BCUT2D eigenvalue weighted by Gasteiger charge is -2.11. The molecular formula is C11H14N2O2. The number of hydrogen-bond donors (Lipinski definition) is 1. The second kappa shape index (κ2) is 4.59. The fourth-order valence-corrected chi connectivity index (χ4v) is 1.02. The quantitative estimate of drug-likeness (QED) is 0.752. The van der Waals surface area contributed by atoms with Crippen LogP contribution in [0, 0.1) is 0 Å². The highest BCUT2D eigenvalue weighted by Gasteiger charge is 2.04. The molecule has 80 valence electrons. The summed E-state index contributed by atoms with van der Waals surface area (Å²) >= 11 is 0. The largest absolute Gasteiger partial charge is 0.331 e. The predicted molar refractivity (Wildman–Crippen MR) is 59.2 cm³/mol. The van der Waals surface area contributed by atoms with Crippen molar-refractivity contribution in [1.82, 2.24) is 4.90 Å². The summed E-state index contributed by atoms with van der Waals surface area (Å²) in [4.78, 5) is 23.7. The van der Waals surface area contributed by atoms with Crippen LogP contribution in [-0.2, 0) is 0 Å². The van der Waals surface area contributed by atoms with Crippen LogP contribution in [0.2, 0.25) is 0 Å². The Labute approximate surface area is 88.9 Å². The molecular weight excluding hydrogens is 192 g/mol. The van der Waals surface area contributed by atoms with Gasteiger partial charge in [-0.05, 0) is 31.2 Å². The first kappa shape index (κ1) is 11.2. The predicted octanol–water partition coefficient (Wildman–Crippen LogP) is 1.98. The van der Waals surface area contributed by atoms with E-state index in [-0.39, 0.29) is 11.8 Å². The standard InChI is InChI=1S/C11H14N2O2/c1-8(14)9-4-6-10(7-5-9)12-11(15)13(2)3/h4-7H,1-3H3,(H,12,15). The van der Waals surface area contributed by atoms with Crippen LogP contribution in [0.4, 0.5) is 10.5 Å². The van der Waals surface area contributed by atoms with Gasteiger partial charge in [0.2, 0.25) is 0 Å². The van der Waals surface area contributed by atoms with Crippen LogP contribution in [0.25, 0.3) is 0 Å². The van der Waals surface area contributed by atoms with Crippen molar-refractivity contribution in [2.75, 3.05) is 19.4 Å². The highest BCUT2D eigenvalue weighted by atomic mass is 16.2. The van der Waals surface area contributed by atoms with Gasteiger partial charge >= 0.3 is 6.03 Å². The Balaban J connectivity index is 2.73. The summed E-state index contributed by atoms with van der Waals surface area (Å²) in [5, 5.41) is 2.68. The summed E-state index contributed by atoms with van der Waals surface area (Å²) in [5.41, 5.74) is 1.32. The molecule has 0 aromatic heterocycles. The molecule has 0 saturated heterocycles. The third kappa shape index (κ3) is 3.09. The zero-order chi connectivity index (χ0) is 11.4. The summed E-state index contributed by atoms with van der Waals surface area (Å²) in [5.74, 6) is 0.0143. The highest BCUT2D eigenvalue weighted by molar-refractivity contribution is 5.95. The van der Waals surface area contributed by atoms with Crippen LogP contribution in [0.3, 0.4) is 0 Å². The zero-order valence-corrected chi connectivity index (χ0v) is 9.07. The second-order valence-corrected chi connectivity index (χ2v) is 3.46. The number of ketones is 1. The van der Waals surface area contributed by atoms with Gasteiger partial charge in [-0.2, -0.15) is 0 Å². The molecule has 4 nitrogen and oxygen atoms in total. The molecule has 1 aromatic carbocycles. The number of amides is 2. The van der Waals surface area contributed by atoms with Crippen molar-refractivity contribution in [1.29, 1.82) is 0 Å². The van der Waals surface area contributed by atoms with E-state index in [4.69, 9.17) is 0 Å². The van der Waals surface area contributed by atoms with E-state index < -0.39 is 0 Å². The number of carbonyl (C=O) groups is 2. The molecule has 0 aliphatic carbocycles. The Morgan fingerprint density at radius 1 is 1.13 bits per heavy atom. The van der Waals surface area contributed by atoms with Crippen LogP contribution in [-0.4, -0.2) is 30.8 Å². The minimum Gasteiger partial charge on any atom is -0.331 e. The second-order valence-electron chi connectivity index (χ2n) is 3.46. The van der Waals surface area contributed by atoms with Crippen molar-refractivity contribution in [3.8, 4) is 0 Å². The van der Waals surface area contributed by atoms with Crippen LogP contribution in [0.1, 0.15) is 17.3 Å². The number of Topliss-reactive ketones (excluding diaryl/α,β-unsaturated/α-hetero) is 1. The van der Waals surface area contributed by atoms with Crippen molar-refractivity contribution in [2.45, 2.75) is 6.92 Å². The fourth-order valence-electron chi connectivity index (χ4n) is 1.02. The molecule has 0 aliphatic rings. The molecule has 0 aliphatic heterocycles. The zero-order valence-electron chi connectivity index (χ0n) is 9.07. The highest BCUT2D eigenvalue weighted by Crippen LogP contribution is 2.10. The summed E-state index contributed by atoms with van der Waals surface area (Å²) in [6.07, 6.45) is 0. The lowest BCUT2D eigenvalue weighted by molar-refractivity contribution is 0.101. The van der Waals surface area contributed by atoms with E-state index in [1.54, 1.807) is 38.4 Å². The average Bonchev–Trinajstić information content (AvgIpc) is 2.18. The van der Waals surface area contributed by atoms with Gasteiger partial charge in [0.05, 0.1) is 0 Å². The first-order valence-electron chi connectivity index (χ1n) is 4.60. The lowest BCUT2D eigenvalue weighted by Crippen LogP contribution is -2.27. The number of nitrogens with zero attached hydrogens (tertiary/aromatic N) is 1. The maximum atomic E-state index is 11.3. The van der Waals surface area contributed by atoms with Crippen molar-refractivity contribution < 1.29 is 9.59 Å². The van der Waals surface area contributed by atoms with Gasteiger partial charge < -0.3 is 10.2 Å². The summed E-state index contributed by atoms with van der Waals surface area (Å²) in [7, 11) is 3.33. The Kier molecular flexibility index (Phi) is 3.44. The first-order valence-corrected chi connectivity index (χ1v) is 4.60. The SMILES string of the molecule is CC(=O)c1ccc(NC(=O)N(C)C)cc1. The topological polar surface area (TPSA) is 49.4 Å². The molecule has 0 radical (unpaired) electrons. The molecule has 1 aromatic rings. The molecule has 0 saturated carbocycles. The molecule has 0 unspecified atom stereocenters. The number of carbonyl (C=O) groups excluding carboxylic acids is 2. The molecule has 15 heavy (non-hydrogen) atoms. The van der Waals surface area contributed by atoms with Crippen LogP contribution >= 0.6 is 0 Å². The molecule has 0 atom stereocenters. The number of benzene rings is 1. The molecule has 0 spiro atoms. The van der Waals surface area contributed by atoms with Gasteiger partial charge in [-0.1, -0.05) is 0 Å². The number of anilines is 1. The Bertz CT molecular complexity index is 369. The van der Waals surface area contributed by atoms with Crippen molar-refractivity contribution in [3.63, 3.8) is 0 Å². The van der Waals surface area contributed by atoms with E-state index in [0.29, 0.717) is 11.3 Å². The summed E-state index contributed by atoms with van der Waals surface area (Å²) in [6.45, 7) is 1.51. The maximum absolute atomic E-state index is 11.3. The molecule has 0 fully saturated rings. The molecule has 0 heterocycles. The Morgan fingerprint density at radius 2 is 1.67 bits per heavy atom. The molecule has 2 amide bonds. The first-order chi connectivity index (χ1) is 7.00. The fraction of sp³-hybridized carbons (Fsp3) is 0.273. The third-order valence-corrected chi connectivity index (χ3v) is 1.95. The summed E-state index contributed by atoms with van der Waals surface area (Å²) in [6, 6.07) is 6.60. The summed E-state index contributed by atoms with van der Waals surface area (Å²) < 4.78 is 0. The van der Waals surface area contributed by atoms with Crippen molar-refractivity contribution in [3.05, 3.63) is 29.8 Å². The number of urea groups is 1. The normalized spacial score (nSPS) is 9.53. The van der Waals surface area contributed by atoms with Gasteiger partial charge in [-0.25, -0.2) is 4.79 Å². The monoisotopic (exact) mass is 206 g/mol. The average molecular weight is 206 g/mol. The van der Waals surface area contributed by atoms with Crippen LogP contribution in [0.5, 0.6) is 0 Å². The minimum absolute atomic E-state index is 0.0143. The van der Waals surface area contributed by atoms with Gasteiger partial charge in [-0.3, -0.25) is 4.79 Å². The van der Waals surface area contributed by atoms with E-state index in [2.05, 4.69) is 5.32 Å². The van der Waals surface area contributed by atoms with E-state index in [0.717, 1.165) is 0 Å². The van der Waals surface area contributed by atoms with Gasteiger partial charge in [0.25, 0.3) is 0 Å². The number of nitrogens with one attached hydrogen (secondary N) is 1. The van der Waals surface area contributed by atoms with Crippen LogP contribution in [0.15, 0.2) is 24.3 Å². The maximum Gasteiger partial charge on any atom is 0.321 e. The number of rotatable bonds is 2. The van der Waals surface area contributed by atoms with Gasteiger partial charge in [-0.15, -0.1) is 0 Å². The Morgan fingerprint density at radius 3 is 2.07 bits per heavy atom. The van der Waals surface area contributed by atoms with Gasteiger partial charge in [0, 0.05) is 25.3 Å². The van der Waals surface area contributed by atoms with Crippen LogP contribution < -0.4 is 5.32 Å². The lowest BCUT2D eigenvalue weighted by atomic mass is 10.1. The molecule has 0 bridgehead atoms. The number of hydrogen-bond acceptors (Lipinski definition) is 2. The Hall–Kier alpha value is -1.84. The van der Waals surface area contributed by atoms with Gasteiger partial charge in [0.1, 0.15) is 0 Å². The third-order valence-electron chi connectivity index (χ3n) is 1.95. The smallest absolute Gasteiger partial charge is 0.321 e. The molecule has 1 rings (SSSR count). The van der Waals surface area contributed by atoms with Crippen molar-refractivity contribution in [2.24, 2.45) is 0 Å². The van der Waals surface area contributed by atoms with E-state index in [1.807, 2.05) is 0 Å². The van der Waals surface area contributed by atoms with E-state index in [1.165, 1.54) is 11.8 Å². The van der Waals surface area contributed by atoms with Gasteiger partial charge in [0.15, 0.2) is 5.78 Å². The van der Waals surface area contributed by atoms with E-state index in [9.17, 15) is 9.59 Å². The minimum atomic E-state index is -0.189. The molecule has 1 N–H and O–H groups in total. The molecule has 4 heteroatoms. The van der Waals surface area contributed by atoms with E-state index >= 15 is 0 Å². The van der Waals surface area contributed by atoms with Crippen molar-refractivity contribution >= 4 is 17.5 Å².